The smallest absolute Gasteiger partial charge is 0.343 e. The first kappa shape index (κ1) is 18.1. The molecule has 0 aliphatic heterocycles. The fraction of sp³-hybridized carbons (Fsp3) is 0.235. The number of carbonyl (C=O) groups is 1. The Morgan fingerprint density at radius 3 is 2.38 bits per heavy atom. The first-order chi connectivity index (χ1) is 11.4. The molecule has 2 aromatic carbocycles. The number of sulfonamides is 1. The molecule has 0 unspecified atom stereocenters. The zero-order valence-corrected chi connectivity index (χ0v) is 14.5. The molecule has 0 aliphatic carbocycles. The lowest BCUT2D eigenvalue weighted by atomic mass is 10.2. The minimum Gasteiger partial charge on any atom is -0.423 e. The van der Waals surface area contributed by atoms with Crippen molar-refractivity contribution in [2.24, 2.45) is 0 Å². The SMILES string of the molecule is CCc1ccc(OC(=O)c2cccc(S(=O)(=O)N(C)OC)c2)cc1. The molecule has 0 bridgehead atoms. The number of rotatable bonds is 6. The molecule has 0 saturated heterocycles. The first-order valence-electron chi connectivity index (χ1n) is 7.32. The highest BCUT2D eigenvalue weighted by Crippen LogP contribution is 2.18. The summed E-state index contributed by atoms with van der Waals surface area (Å²) in [5.74, 6) is -0.226. The van der Waals surface area contributed by atoms with Crippen LogP contribution in [0.4, 0.5) is 0 Å². The van der Waals surface area contributed by atoms with Crippen LogP contribution in [0.3, 0.4) is 0 Å². The molecule has 0 N–H and O–H groups in total. The molecule has 0 heterocycles. The van der Waals surface area contributed by atoms with Crippen LogP contribution in [0, 0.1) is 0 Å². The van der Waals surface area contributed by atoms with E-state index in [1.165, 1.54) is 38.4 Å². The van der Waals surface area contributed by atoms with Crippen molar-refractivity contribution in [1.82, 2.24) is 4.47 Å². The average molecular weight is 349 g/mol. The molecular formula is C17H19NO5S. The molecule has 7 heteroatoms. The summed E-state index contributed by atoms with van der Waals surface area (Å²) < 4.78 is 30.4. The van der Waals surface area contributed by atoms with Gasteiger partial charge in [0.15, 0.2) is 0 Å². The van der Waals surface area contributed by atoms with Crippen molar-refractivity contribution in [2.45, 2.75) is 18.2 Å². The van der Waals surface area contributed by atoms with Crippen LogP contribution >= 0.6 is 0 Å². The van der Waals surface area contributed by atoms with Gasteiger partial charge in [-0.25, -0.2) is 13.2 Å². The summed E-state index contributed by atoms with van der Waals surface area (Å²) in [5.41, 5.74) is 1.27. The van der Waals surface area contributed by atoms with Crippen molar-refractivity contribution in [3.63, 3.8) is 0 Å². The Hall–Kier alpha value is -2.22. The maximum Gasteiger partial charge on any atom is 0.343 e. The molecule has 0 aliphatic rings. The monoisotopic (exact) mass is 349 g/mol. The van der Waals surface area contributed by atoms with E-state index in [1.54, 1.807) is 12.1 Å². The van der Waals surface area contributed by atoms with Gasteiger partial charge in [-0.05, 0) is 42.3 Å². The summed E-state index contributed by atoms with van der Waals surface area (Å²) in [6, 6.07) is 12.8. The van der Waals surface area contributed by atoms with Crippen LogP contribution in [-0.2, 0) is 21.3 Å². The highest BCUT2D eigenvalue weighted by atomic mass is 32.2. The Kier molecular flexibility index (Phi) is 5.71. The number of aryl methyl sites for hydroxylation is 1. The Balaban J connectivity index is 2.22. The molecule has 128 valence electrons. The molecule has 6 nitrogen and oxygen atoms in total. The average Bonchev–Trinajstić information content (AvgIpc) is 2.61. The van der Waals surface area contributed by atoms with Crippen LogP contribution in [0.15, 0.2) is 53.4 Å². The third-order valence-corrected chi connectivity index (χ3v) is 5.18. The number of carbonyl (C=O) groups excluding carboxylic acids is 1. The van der Waals surface area contributed by atoms with Crippen molar-refractivity contribution in [2.75, 3.05) is 14.2 Å². The van der Waals surface area contributed by atoms with E-state index in [1.807, 2.05) is 19.1 Å². The number of ether oxygens (including phenoxy) is 1. The van der Waals surface area contributed by atoms with Gasteiger partial charge >= 0.3 is 5.97 Å². The zero-order valence-electron chi connectivity index (χ0n) is 13.7. The van der Waals surface area contributed by atoms with Crippen molar-refractivity contribution < 1.29 is 22.8 Å². The van der Waals surface area contributed by atoms with E-state index < -0.39 is 16.0 Å². The van der Waals surface area contributed by atoms with E-state index in [-0.39, 0.29) is 10.5 Å². The van der Waals surface area contributed by atoms with Gasteiger partial charge in [-0.15, -0.1) is 0 Å². The highest BCUT2D eigenvalue weighted by Gasteiger charge is 2.22. The number of esters is 1. The number of nitrogens with zero attached hydrogens (tertiary/aromatic N) is 1. The molecule has 0 radical (unpaired) electrons. The molecule has 0 saturated carbocycles. The first-order valence-corrected chi connectivity index (χ1v) is 8.76. The number of hydrogen-bond acceptors (Lipinski definition) is 5. The highest BCUT2D eigenvalue weighted by molar-refractivity contribution is 7.89. The Labute approximate surface area is 141 Å². The summed E-state index contributed by atoms with van der Waals surface area (Å²) in [5, 5.41) is 0. The zero-order chi connectivity index (χ0) is 17.7. The van der Waals surface area contributed by atoms with Crippen molar-refractivity contribution >= 4 is 16.0 Å². The molecule has 24 heavy (non-hydrogen) atoms. The predicted molar refractivity (Wildman–Crippen MR) is 89.2 cm³/mol. The largest absolute Gasteiger partial charge is 0.423 e. The lowest BCUT2D eigenvalue weighted by Gasteiger charge is -2.14. The molecular weight excluding hydrogens is 330 g/mol. The summed E-state index contributed by atoms with van der Waals surface area (Å²) in [7, 11) is -1.30. The summed E-state index contributed by atoms with van der Waals surface area (Å²) in [6.45, 7) is 2.03. The molecule has 0 fully saturated rings. The van der Waals surface area contributed by atoms with Crippen LogP contribution < -0.4 is 4.74 Å². The van der Waals surface area contributed by atoms with Gasteiger partial charge in [0, 0.05) is 7.05 Å². The number of benzene rings is 2. The lowest BCUT2D eigenvalue weighted by molar-refractivity contribution is -0.0258. The second kappa shape index (κ2) is 7.57. The molecule has 0 amide bonds. The number of hydroxylamine groups is 1. The summed E-state index contributed by atoms with van der Waals surface area (Å²) >= 11 is 0. The molecule has 2 rings (SSSR count). The minimum atomic E-state index is -3.82. The van der Waals surface area contributed by atoms with E-state index in [0.29, 0.717) is 5.75 Å². The summed E-state index contributed by atoms with van der Waals surface area (Å²) in [6.07, 6.45) is 0.890. The van der Waals surface area contributed by atoms with Gasteiger partial charge in [-0.3, -0.25) is 4.84 Å². The van der Waals surface area contributed by atoms with E-state index in [0.717, 1.165) is 16.5 Å². The molecule has 0 spiro atoms. The second-order valence-corrected chi connectivity index (χ2v) is 6.95. The van der Waals surface area contributed by atoms with Gasteiger partial charge in [-0.1, -0.05) is 29.6 Å². The van der Waals surface area contributed by atoms with Crippen molar-refractivity contribution in [1.29, 1.82) is 0 Å². The van der Waals surface area contributed by atoms with Gasteiger partial charge in [0.2, 0.25) is 0 Å². The molecule has 2 aromatic rings. The van der Waals surface area contributed by atoms with Crippen molar-refractivity contribution in [3.05, 3.63) is 59.7 Å². The van der Waals surface area contributed by atoms with Gasteiger partial charge < -0.3 is 4.74 Å². The van der Waals surface area contributed by atoms with Gasteiger partial charge in [0.25, 0.3) is 10.0 Å². The Morgan fingerprint density at radius 1 is 1.12 bits per heavy atom. The van der Waals surface area contributed by atoms with Crippen LogP contribution in [0.2, 0.25) is 0 Å². The quantitative estimate of drug-likeness (QED) is 0.455. The standard InChI is InChI=1S/C17H19NO5S/c1-4-13-8-10-15(11-9-13)23-17(19)14-6-5-7-16(12-14)24(20,21)18(2)22-3/h5-12H,4H2,1-3H3. The third-order valence-electron chi connectivity index (χ3n) is 3.51. The van der Waals surface area contributed by atoms with Crippen LogP contribution in [0.25, 0.3) is 0 Å². The second-order valence-electron chi connectivity index (χ2n) is 5.01. The Bertz CT molecular complexity index is 815. The van der Waals surface area contributed by atoms with Gasteiger partial charge in [0.1, 0.15) is 5.75 Å². The minimum absolute atomic E-state index is 0.0531. The van der Waals surface area contributed by atoms with Crippen molar-refractivity contribution in [3.8, 4) is 5.75 Å². The third kappa shape index (κ3) is 4.00. The van der Waals surface area contributed by atoms with E-state index in [9.17, 15) is 13.2 Å². The maximum atomic E-state index is 12.2. The van der Waals surface area contributed by atoms with Crippen LogP contribution in [0.5, 0.6) is 5.75 Å². The summed E-state index contributed by atoms with van der Waals surface area (Å²) in [4.78, 5) is 16.9. The van der Waals surface area contributed by atoms with Gasteiger partial charge in [-0.2, -0.15) is 0 Å². The Morgan fingerprint density at radius 2 is 1.79 bits per heavy atom. The fourth-order valence-electron chi connectivity index (χ4n) is 1.99. The van der Waals surface area contributed by atoms with E-state index in [2.05, 4.69) is 0 Å². The molecule has 0 aromatic heterocycles. The fourth-order valence-corrected chi connectivity index (χ4v) is 3.01. The maximum absolute atomic E-state index is 12.2. The number of hydrogen-bond donors (Lipinski definition) is 0. The van der Waals surface area contributed by atoms with Crippen LogP contribution in [0.1, 0.15) is 22.8 Å². The van der Waals surface area contributed by atoms with Gasteiger partial charge in [0.05, 0.1) is 17.6 Å². The van der Waals surface area contributed by atoms with E-state index >= 15 is 0 Å². The predicted octanol–water partition coefficient (Wildman–Crippen LogP) is 2.65. The molecule has 0 atom stereocenters. The van der Waals surface area contributed by atoms with Crippen LogP contribution in [-0.4, -0.2) is 33.0 Å². The van der Waals surface area contributed by atoms with E-state index in [4.69, 9.17) is 9.57 Å². The normalized spacial score (nSPS) is 11.5. The lowest BCUT2D eigenvalue weighted by Crippen LogP contribution is -2.26. The topological polar surface area (TPSA) is 72.9 Å².